The van der Waals surface area contributed by atoms with Crippen molar-refractivity contribution in [3.63, 3.8) is 0 Å². The van der Waals surface area contributed by atoms with Gasteiger partial charge in [-0.3, -0.25) is 9.59 Å². The van der Waals surface area contributed by atoms with Gasteiger partial charge in [0, 0.05) is 22.9 Å². The zero-order chi connectivity index (χ0) is 16.4. The quantitative estimate of drug-likeness (QED) is 0.905. The predicted molar refractivity (Wildman–Crippen MR) is 86.7 cm³/mol. The standard InChI is InChI=1S/C18H17FN2O2/c1-11-9-16(11)18(23)21-15-4-2-3-12(10-15)17(22)20-14-7-5-13(19)6-8-14/h2-8,10-11,16H,9H2,1H3,(H,20,22)(H,21,23). The summed E-state index contributed by atoms with van der Waals surface area (Å²) in [7, 11) is 0. The lowest BCUT2D eigenvalue weighted by Crippen LogP contribution is -2.16. The van der Waals surface area contributed by atoms with Crippen molar-refractivity contribution in [2.75, 3.05) is 10.6 Å². The third kappa shape index (κ3) is 3.74. The van der Waals surface area contributed by atoms with Crippen LogP contribution in [-0.2, 0) is 4.79 Å². The molecule has 0 radical (unpaired) electrons. The van der Waals surface area contributed by atoms with Crippen LogP contribution in [0.3, 0.4) is 0 Å². The first-order chi connectivity index (χ1) is 11.0. The van der Waals surface area contributed by atoms with Crippen LogP contribution in [0.2, 0.25) is 0 Å². The van der Waals surface area contributed by atoms with Crippen LogP contribution in [0.1, 0.15) is 23.7 Å². The van der Waals surface area contributed by atoms with Gasteiger partial charge in [0.05, 0.1) is 0 Å². The van der Waals surface area contributed by atoms with E-state index in [-0.39, 0.29) is 23.5 Å². The third-order valence-corrected chi connectivity index (χ3v) is 3.94. The molecule has 0 aromatic heterocycles. The van der Waals surface area contributed by atoms with Crippen LogP contribution < -0.4 is 10.6 Å². The first-order valence-corrected chi connectivity index (χ1v) is 7.51. The maximum atomic E-state index is 12.9. The summed E-state index contributed by atoms with van der Waals surface area (Å²) < 4.78 is 12.9. The minimum atomic E-state index is -0.359. The van der Waals surface area contributed by atoms with Crippen LogP contribution in [0.15, 0.2) is 48.5 Å². The molecular formula is C18H17FN2O2. The molecule has 2 aromatic carbocycles. The van der Waals surface area contributed by atoms with Crippen LogP contribution in [-0.4, -0.2) is 11.8 Å². The highest BCUT2D eigenvalue weighted by Crippen LogP contribution is 2.38. The molecule has 0 heterocycles. The Morgan fingerprint density at radius 2 is 1.74 bits per heavy atom. The van der Waals surface area contributed by atoms with Gasteiger partial charge in [-0.2, -0.15) is 0 Å². The number of hydrogen-bond acceptors (Lipinski definition) is 2. The van der Waals surface area contributed by atoms with Crippen molar-refractivity contribution in [2.24, 2.45) is 11.8 Å². The van der Waals surface area contributed by atoms with E-state index in [4.69, 9.17) is 0 Å². The van der Waals surface area contributed by atoms with Gasteiger partial charge in [-0.15, -0.1) is 0 Å². The Hall–Kier alpha value is -2.69. The van der Waals surface area contributed by atoms with E-state index in [2.05, 4.69) is 10.6 Å². The topological polar surface area (TPSA) is 58.2 Å². The summed E-state index contributed by atoms with van der Waals surface area (Å²) in [6, 6.07) is 12.3. The van der Waals surface area contributed by atoms with Gasteiger partial charge in [0.25, 0.3) is 5.91 Å². The number of carbonyl (C=O) groups excluding carboxylic acids is 2. The Labute approximate surface area is 133 Å². The maximum Gasteiger partial charge on any atom is 0.255 e. The summed E-state index contributed by atoms with van der Waals surface area (Å²) in [4.78, 5) is 24.2. The number of anilines is 2. The normalized spacial score (nSPS) is 19.0. The van der Waals surface area contributed by atoms with E-state index in [1.165, 1.54) is 24.3 Å². The molecule has 2 unspecified atom stereocenters. The fraction of sp³-hybridized carbons (Fsp3) is 0.222. The summed E-state index contributed by atoms with van der Waals surface area (Å²) in [6.07, 6.45) is 0.913. The Kier molecular flexibility index (Phi) is 4.10. The molecule has 5 heteroatoms. The van der Waals surface area contributed by atoms with Gasteiger partial charge in [0.2, 0.25) is 5.91 Å². The van der Waals surface area contributed by atoms with Crippen molar-refractivity contribution in [1.82, 2.24) is 0 Å². The van der Waals surface area contributed by atoms with Crippen molar-refractivity contribution < 1.29 is 14.0 Å². The van der Waals surface area contributed by atoms with E-state index in [1.54, 1.807) is 24.3 Å². The molecule has 4 nitrogen and oxygen atoms in total. The van der Waals surface area contributed by atoms with Gasteiger partial charge >= 0.3 is 0 Å². The van der Waals surface area contributed by atoms with Crippen LogP contribution in [0.25, 0.3) is 0 Å². The summed E-state index contributed by atoms with van der Waals surface area (Å²) in [5.41, 5.74) is 1.54. The highest BCUT2D eigenvalue weighted by atomic mass is 19.1. The molecule has 2 N–H and O–H groups in total. The molecule has 118 valence electrons. The SMILES string of the molecule is CC1CC1C(=O)Nc1cccc(C(=O)Nc2ccc(F)cc2)c1. The smallest absolute Gasteiger partial charge is 0.255 e. The van der Waals surface area contributed by atoms with Gasteiger partial charge in [-0.1, -0.05) is 13.0 Å². The second-order valence-electron chi connectivity index (χ2n) is 5.85. The van der Waals surface area contributed by atoms with Crippen molar-refractivity contribution in [1.29, 1.82) is 0 Å². The lowest BCUT2D eigenvalue weighted by atomic mass is 10.1. The molecule has 2 atom stereocenters. The molecule has 1 fully saturated rings. The van der Waals surface area contributed by atoms with E-state index in [0.29, 0.717) is 22.9 Å². The highest BCUT2D eigenvalue weighted by molar-refractivity contribution is 6.05. The molecule has 0 aliphatic heterocycles. The van der Waals surface area contributed by atoms with Gasteiger partial charge in [0.15, 0.2) is 0 Å². The lowest BCUT2D eigenvalue weighted by Gasteiger charge is -2.08. The number of halogens is 1. The molecule has 0 saturated heterocycles. The summed E-state index contributed by atoms with van der Waals surface area (Å²) in [5, 5.41) is 5.52. The average molecular weight is 312 g/mol. The molecule has 1 saturated carbocycles. The summed E-state index contributed by atoms with van der Waals surface area (Å²) in [5.74, 6) is -0.172. The summed E-state index contributed by atoms with van der Waals surface area (Å²) >= 11 is 0. The minimum absolute atomic E-state index is 0.00593. The fourth-order valence-corrected chi connectivity index (χ4v) is 2.40. The number of amides is 2. The van der Waals surface area contributed by atoms with E-state index in [9.17, 15) is 14.0 Å². The van der Waals surface area contributed by atoms with Crippen LogP contribution in [0.5, 0.6) is 0 Å². The Morgan fingerprint density at radius 1 is 1.04 bits per heavy atom. The molecular weight excluding hydrogens is 295 g/mol. The Balaban J connectivity index is 1.67. The number of carbonyl (C=O) groups is 2. The maximum absolute atomic E-state index is 12.9. The van der Waals surface area contributed by atoms with Gasteiger partial charge in [-0.05, 0) is 54.8 Å². The first-order valence-electron chi connectivity index (χ1n) is 7.51. The molecule has 1 aliphatic rings. The minimum Gasteiger partial charge on any atom is -0.326 e. The second-order valence-corrected chi connectivity index (χ2v) is 5.85. The monoisotopic (exact) mass is 312 g/mol. The van der Waals surface area contributed by atoms with Crippen molar-refractivity contribution in [3.05, 3.63) is 59.9 Å². The van der Waals surface area contributed by atoms with Crippen molar-refractivity contribution in [3.8, 4) is 0 Å². The van der Waals surface area contributed by atoms with Gasteiger partial charge in [0.1, 0.15) is 5.82 Å². The fourth-order valence-electron chi connectivity index (χ4n) is 2.40. The number of hydrogen-bond donors (Lipinski definition) is 2. The zero-order valence-electron chi connectivity index (χ0n) is 12.7. The van der Waals surface area contributed by atoms with E-state index < -0.39 is 0 Å². The molecule has 3 rings (SSSR count). The first kappa shape index (κ1) is 15.2. The van der Waals surface area contributed by atoms with Gasteiger partial charge in [-0.25, -0.2) is 4.39 Å². The second kappa shape index (κ2) is 6.20. The van der Waals surface area contributed by atoms with Crippen molar-refractivity contribution >= 4 is 23.2 Å². The Bertz CT molecular complexity index is 743. The predicted octanol–water partition coefficient (Wildman–Crippen LogP) is 3.67. The molecule has 1 aliphatic carbocycles. The van der Waals surface area contributed by atoms with Crippen LogP contribution in [0, 0.1) is 17.7 Å². The zero-order valence-corrected chi connectivity index (χ0v) is 12.7. The molecule has 0 bridgehead atoms. The lowest BCUT2D eigenvalue weighted by molar-refractivity contribution is -0.117. The number of rotatable bonds is 4. The van der Waals surface area contributed by atoms with E-state index >= 15 is 0 Å². The van der Waals surface area contributed by atoms with Crippen molar-refractivity contribution in [2.45, 2.75) is 13.3 Å². The van der Waals surface area contributed by atoms with E-state index in [1.807, 2.05) is 6.92 Å². The molecule has 0 spiro atoms. The molecule has 23 heavy (non-hydrogen) atoms. The van der Waals surface area contributed by atoms with Crippen LogP contribution >= 0.6 is 0 Å². The average Bonchev–Trinajstić information content (AvgIpc) is 3.27. The molecule has 2 amide bonds. The third-order valence-electron chi connectivity index (χ3n) is 3.94. The van der Waals surface area contributed by atoms with Gasteiger partial charge < -0.3 is 10.6 Å². The summed E-state index contributed by atoms with van der Waals surface area (Å²) in [6.45, 7) is 2.04. The van der Waals surface area contributed by atoms with Crippen LogP contribution in [0.4, 0.5) is 15.8 Å². The Morgan fingerprint density at radius 3 is 2.39 bits per heavy atom. The molecule has 2 aromatic rings. The number of nitrogens with one attached hydrogen (secondary N) is 2. The number of benzene rings is 2. The van der Waals surface area contributed by atoms with E-state index in [0.717, 1.165) is 6.42 Å². The largest absolute Gasteiger partial charge is 0.326 e. The highest BCUT2D eigenvalue weighted by Gasteiger charge is 2.39.